The van der Waals surface area contributed by atoms with Gasteiger partial charge < -0.3 is 14.6 Å². The molecule has 106 valence electrons. The topological polar surface area (TPSA) is 55.8 Å². The van der Waals surface area contributed by atoms with E-state index in [1.165, 1.54) is 6.92 Å². The molecule has 0 fully saturated rings. The monoisotopic (exact) mass is 266 g/mol. The maximum absolute atomic E-state index is 11.0. The lowest BCUT2D eigenvalue weighted by atomic mass is 10.1. The summed E-state index contributed by atoms with van der Waals surface area (Å²) in [4.78, 5) is 11.0. The van der Waals surface area contributed by atoms with Crippen molar-refractivity contribution in [1.29, 1.82) is 0 Å². The molecule has 1 N–H and O–H groups in total. The summed E-state index contributed by atoms with van der Waals surface area (Å²) in [5, 5.41) is 10.4. The van der Waals surface area contributed by atoms with Gasteiger partial charge in [0.25, 0.3) is 0 Å². The molecule has 1 atom stereocenters. The SMILES string of the molecule is CCCCC(O)(CC)Oc1ccccc1OC(C)=O. The van der Waals surface area contributed by atoms with E-state index in [0.717, 1.165) is 12.8 Å². The molecule has 1 aromatic rings. The van der Waals surface area contributed by atoms with Crippen LogP contribution >= 0.6 is 0 Å². The minimum Gasteiger partial charge on any atom is -0.459 e. The van der Waals surface area contributed by atoms with Gasteiger partial charge in [-0.1, -0.05) is 32.4 Å². The number of para-hydroxylation sites is 2. The predicted molar refractivity (Wildman–Crippen MR) is 73.1 cm³/mol. The van der Waals surface area contributed by atoms with Crippen LogP contribution in [0.2, 0.25) is 0 Å². The molecule has 0 heterocycles. The van der Waals surface area contributed by atoms with E-state index >= 15 is 0 Å². The molecule has 0 aliphatic rings. The van der Waals surface area contributed by atoms with E-state index < -0.39 is 11.8 Å². The Hall–Kier alpha value is -1.55. The van der Waals surface area contributed by atoms with Crippen LogP contribution < -0.4 is 9.47 Å². The van der Waals surface area contributed by atoms with Crippen molar-refractivity contribution < 1.29 is 19.4 Å². The van der Waals surface area contributed by atoms with E-state index in [1.54, 1.807) is 24.3 Å². The van der Waals surface area contributed by atoms with E-state index in [-0.39, 0.29) is 0 Å². The highest BCUT2D eigenvalue weighted by molar-refractivity contribution is 5.70. The van der Waals surface area contributed by atoms with Gasteiger partial charge in [0.05, 0.1) is 0 Å². The minimum atomic E-state index is -1.22. The summed E-state index contributed by atoms with van der Waals surface area (Å²) in [5.74, 6) is -0.909. The number of carbonyl (C=O) groups excluding carboxylic acids is 1. The number of unbranched alkanes of at least 4 members (excludes halogenated alkanes) is 1. The average molecular weight is 266 g/mol. The lowest BCUT2D eigenvalue weighted by Gasteiger charge is -2.28. The third-order valence-electron chi connectivity index (χ3n) is 2.88. The Morgan fingerprint density at radius 2 is 1.89 bits per heavy atom. The molecule has 0 radical (unpaired) electrons. The van der Waals surface area contributed by atoms with E-state index in [1.807, 2.05) is 6.92 Å². The van der Waals surface area contributed by atoms with Crippen molar-refractivity contribution in [3.05, 3.63) is 24.3 Å². The summed E-state index contributed by atoms with van der Waals surface area (Å²) in [6.45, 7) is 5.26. The van der Waals surface area contributed by atoms with Crippen molar-refractivity contribution in [2.24, 2.45) is 0 Å². The number of hydrogen-bond acceptors (Lipinski definition) is 4. The summed E-state index contributed by atoms with van der Waals surface area (Å²) in [6.07, 6.45) is 2.88. The first-order chi connectivity index (χ1) is 9.00. The first-order valence-electron chi connectivity index (χ1n) is 6.69. The molecule has 0 bridgehead atoms. The second-order valence-corrected chi connectivity index (χ2v) is 4.55. The van der Waals surface area contributed by atoms with Gasteiger partial charge in [0, 0.05) is 19.8 Å². The van der Waals surface area contributed by atoms with E-state index in [4.69, 9.17) is 9.47 Å². The van der Waals surface area contributed by atoms with Gasteiger partial charge in [0.2, 0.25) is 5.79 Å². The van der Waals surface area contributed by atoms with Crippen LogP contribution in [0.25, 0.3) is 0 Å². The van der Waals surface area contributed by atoms with Crippen molar-refractivity contribution in [2.45, 2.75) is 52.2 Å². The zero-order valence-corrected chi connectivity index (χ0v) is 11.8. The Bertz CT molecular complexity index is 416. The maximum Gasteiger partial charge on any atom is 0.308 e. The number of rotatable bonds is 7. The molecule has 0 saturated carbocycles. The summed E-state index contributed by atoms with van der Waals surface area (Å²) in [6, 6.07) is 6.86. The van der Waals surface area contributed by atoms with Crippen molar-refractivity contribution in [3.8, 4) is 11.5 Å². The minimum absolute atomic E-state index is 0.332. The van der Waals surface area contributed by atoms with Crippen molar-refractivity contribution in [1.82, 2.24) is 0 Å². The molecule has 0 aliphatic heterocycles. The number of aliphatic hydroxyl groups is 1. The number of ether oxygens (including phenoxy) is 2. The predicted octanol–water partition coefficient (Wildman–Crippen LogP) is 3.28. The van der Waals surface area contributed by atoms with Gasteiger partial charge in [0.15, 0.2) is 11.5 Å². The maximum atomic E-state index is 11.0. The number of benzene rings is 1. The van der Waals surface area contributed by atoms with E-state index in [2.05, 4.69) is 6.92 Å². The molecule has 4 heteroatoms. The Labute approximate surface area is 114 Å². The number of esters is 1. The van der Waals surface area contributed by atoms with Crippen molar-refractivity contribution in [3.63, 3.8) is 0 Å². The molecule has 0 spiro atoms. The van der Waals surface area contributed by atoms with Crippen LogP contribution in [0, 0.1) is 0 Å². The fourth-order valence-corrected chi connectivity index (χ4v) is 1.73. The molecule has 0 saturated heterocycles. The van der Waals surface area contributed by atoms with Crippen LogP contribution in [0.1, 0.15) is 46.5 Å². The first kappa shape index (κ1) is 15.5. The third-order valence-corrected chi connectivity index (χ3v) is 2.88. The molecular formula is C15H22O4. The van der Waals surface area contributed by atoms with Gasteiger partial charge in [-0.25, -0.2) is 0 Å². The van der Waals surface area contributed by atoms with Crippen LogP contribution in [-0.4, -0.2) is 16.9 Å². The fourth-order valence-electron chi connectivity index (χ4n) is 1.73. The highest BCUT2D eigenvalue weighted by atomic mass is 16.6. The molecule has 1 rings (SSSR count). The number of carbonyl (C=O) groups is 1. The Morgan fingerprint density at radius 3 is 2.42 bits per heavy atom. The van der Waals surface area contributed by atoms with Gasteiger partial charge in [0.1, 0.15) is 0 Å². The molecular weight excluding hydrogens is 244 g/mol. The van der Waals surface area contributed by atoms with Crippen LogP contribution in [0.3, 0.4) is 0 Å². The smallest absolute Gasteiger partial charge is 0.308 e. The summed E-state index contributed by atoms with van der Waals surface area (Å²) < 4.78 is 10.7. The zero-order chi connectivity index (χ0) is 14.3. The number of hydrogen-bond donors (Lipinski definition) is 1. The lowest BCUT2D eigenvalue weighted by Crippen LogP contribution is -2.35. The Kier molecular flexibility index (Phi) is 5.83. The second kappa shape index (κ2) is 7.14. The Morgan fingerprint density at radius 1 is 1.26 bits per heavy atom. The quantitative estimate of drug-likeness (QED) is 0.467. The highest BCUT2D eigenvalue weighted by Crippen LogP contribution is 2.32. The van der Waals surface area contributed by atoms with Crippen LogP contribution in [0.5, 0.6) is 11.5 Å². The van der Waals surface area contributed by atoms with Gasteiger partial charge in [-0.15, -0.1) is 0 Å². The fraction of sp³-hybridized carbons (Fsp3) is 0.533. The Balaban J connectivity index is 2.87. The largest absolute Gasteiger partial charge is 0.459 e. The summed E-state index contributed by atoms with van der Waals surface area (Å²) in [7, 11) is 0. The zero-order valence-electron chi connectivity index (χ0n) is 11.8. The molecule has 0 aromatic heterocycles. The summed E-state index contributed by atoms with van der Waals surface area (Å²) in [5.41, 5.74) is 0. The van der Waals surface area contributed by atoms with Gasteiger partial charge in [-0.2, -0.15) is 0 Å². The standard InChI is InChI=1S/C15H22O4/c1-4-6-11-15(17,5-2)19-14-10-8-7-9-13(14)18-12(3)16/h7-10,17H,4-6,11H2,1-3H3. The second-order valence-electron chi connectivity index (χ2n) is 4.55. The lowest BCUT2D eigenvalue weighted by molar-refractivity contribution is -0.148. The van der Waals surface area contributed by atoms with E-state index in [0.29, 0.717) is 24.3 Å². The first-order valence-corrected chi connectivity index (χ1v) is 6.69. The van der Waals surface area contributed by atoms with E-state index in [9.17, 15) is 9.90 Å². The molecule has 4 nitrogen and oxygen atoms in total. The highest BCUT2D eigenvalue weighted by Gasteiger charge is 2.27. The molecule has 1 aromatic carbocycles. The van der Waals surface area contributed by atoms with Crippen LogP contribution in [0.4, 0.5) is 0 Å². The molecule has 1 unspecified atom stereocenters. The molecule has 19 heavy (non-hydrogen) atoms. The van der Waals surface area contributed by atoms with Crippen molar-refractivity contribution >= 4 is 5.97 Å². The third kappa shape index (κ3) is 4.91. The normalized spacial score (nSPS) is 13.7. The molecule has 0 amide bonds. The van der Waals surface area contributed by atoms with Crippen LogP contribution in [0.15, 0.2) is 24.3 Å². The average Bonchev–Trinajstić information content (AvgIpc) is 2.38. The van der Waals surface area contributed by atoms with Gasteiger partial charge in [-0.3, -0.25) is 4.79 Å². The van der Waals surface area contributed by atoms with Crippen LogP contribution in [-0.2, 0) is 4.79 Å². The molecule has 0 aliphatic carbocycles. The summed E-state index contributed by atoms with van der Waals surface area (Å²) >= 11 is 0. The van der Waals surface area contributed by atoms with Gasteiger partial charge >= 0.3 is 5.97 Å². The van der Waals surface area contributed by atoms with Gasteiger partial charge in [-0.05, 0) is 18.6 Å². The van der Waals surface area contributed by atoms with Crippen molar-refractivity contribution in [2.75, 3.05) is 0 Å².